The highest BCUT2D eigenvalue weighted by Gasteiger charge is 2.17. The number of methoxy groups -OCH3 is 3. The molecule has 2 aromatic carbocycles. The maximum absolute atomic E-state index is 12.5. The summed E-state index contributed by atoms with van der Waals surface area (Å²) in [5.41, 5.74) is 0.298. The first-order valence-corrected chi connectivity index (χ1v) is 8.20. The normalized spacial score (nSPS) is 10.7. The van der Waals surface area contributed by atoms with Gasteiger partial charge in [0.15, 0.2) is 17.3 Å². The second-order valence-electron chi connectivity index (χ2n) is 4.99. The molecule has 0 amide bonds. The lowest BCUT2D eigenvalue weighted by molar-refractivity contribution is 0.355. The Hall–Kier alpha value is -2.22. The first kappa shape index (κ1) is 16.6. The molecular formula is C18H15IO5. The van der Waals surface area contributed by atoms with Gasteiger partial charge in [0, 0.05) is 10.9 Å². The third-order valence-electron chi connectivity index (χ3n) is 3.73. The van der Waals surface area contributed by atoms with Crippen molar-refractivity contribution in [2.45, 2.75) is 0 Å². The summed E-state index contributed by atoms with van der Waals surface area (Å²) in [4.78, 5) is 12.5. The van der Waals surface area contributed by atoms with Crippen molar-refractivity contribution in [2.75, 3.05) is 21.3 Å². The molecule has 0 bridgehead atoms. The molecule has 124 valence electrons. The van der Waals surface area contributed by atoms with Crippen molar-refractivity contribution in [3.8, 4) is 28.6 Å². The molecule has 0 N–H and O–H groups in total. The Bertz CT molecular complexity index is 962. The fraction of sp³-hybridized carbons (Fsp3) is 0.167. The van der Waals surface area contributed by atoms with Crippen LogP contribution >= 0.6 is 22.6 Å². The summed E-state index contributed by atoms with van der Waals surface area (Å²) in [7, 11) is 4.67. The number of ether oxygens (including phenoxy) is 3. The van der Waals surface area contributed by atoms with Gasteiger partial charge in [-0.25, -0.2) is 4.79 Å². The highest BCUT2D eigenvalue weighted by Crippen LogP contribution is 2.36. The molecule has 0 unspecified atom stereocenters. The van der Waals surface area contributed by atoms with Gasteiger partial charge in [0.1, 0.15) is 11.1 Å². The molecule has 0 aliphatic rings. The van der Waals surface area contributed by atoms with E-state index in [1.807, 2.05) is 18.2 Å². The second kappa shape index (κ2) is 6.72. The Morgan fingerprint density at radius 3 is 2.29 bits per heavy atom. The van der Waals surface area contributed by atoms with Crippen LogP contribution in [-0.2, 0) is 0 Å². The Morgan fingerprint density at radius 1 is 0.917 bits per heavy atom. The molecule has 0 atom stereocenters. The van der Waals surface area contributed by atoms with Crippen molar-refractivity contribution in [3.63, 3.8) is 0 Å². The molecule has 24 heavy (non-hydrogen) atoms. The van der Waals surface area contributed by atoms with E-state index in [0.29, 0.717) is 28.4 Å². The summed E-state index contributed by atoms with van der Waals surface area (Å²) < 4.78 is 22.3. The van der Waals surface area contributed by atoms with Gasteiger partial charge in [-0.3, -0.25) is 0 Å². The minimum absolute atomic E-state index is 0.437. The zero-order valence-electron chi connectivity index (χ0n) is 13.4. The standard InChI is InChI=1S/C18H15IO5/c1-21-12-8-7-10(9-14(12)23-3)17-16(19)11-5-4-6-13(22-2)15(11)18(20)24-17/h4-9H,1-3H3. The van der Waals surface area contributed by atoms with Gasteiger partial charge < -0.3 is 18.6 Å². The van der Waals surface area contributed by atoms with Crippen LogP contribution in [0.5, 0.6) is 17.2 Å². The van der Waals surface area contributed by atoms with Crippen LogP contribution in [0.3, 0.4) is 0 Å². The van der Waals surface area contributed by atoms with Crippen molar-refractivity contribution in [3.05, 3.63) is 50.4 Å². The lowest BCUT2D eigenvalue weighted by atomic mass is 10.1. The first-order valence-electron chi connectivity index (χ1n) is 7.12. The van der Waals surface area contributed by atoms with E-state index in [2.05, 4.69) is 22.6 Å². The van der Waals surface area contributed by atoms with E-state index in [1.165, 1.54) is 7.11 Å². The quantitative estimate of drug-likeness (QED) is 0.575. The maximum Gasteiger partial charge on any atom is 0.348 e. The van der Waals surface area contributed by atoms with E-state index in [1.54, 1.807) is 32.4 Å². The van der Waals surface area contributed by atoms with Gasteiger partial charge in [-0.15, -0.1) is 0 Å². The van der Waals surface area contributed by atoms with Gasteiger partial charge in [0.25, 0.3) is 0 Å². The van der Waals surface area contributed by atoms with E-state index in [9.17, 15) is 4.79 Å². The Labute approximate surface area is 152 Å². The van der Waals surface area contributed by atoms with Crippen molar-refractivity contribution >= 4 is 33.4 Å². The molecule has 6 heteroatoms. The lowest BCUT2D eigenvalue weighted by Crippen LogP contribution is -2.05. The second-order valence-corrected chi connectivity index (χ2v) is 6.06. The smallest absolute Gasteiger partial charge is 0.348 e. The van der Waals surface area contributed by atoms with E-state index < -0.39 is 5.63 Å². The van der Waals surface area contributed by atoms with Crippen molar-refractivity contribution in [2.24, 2.45) is 0 Å². The van der Waals surface area contributed by atoms with Crippen LogP contribution in [0.15, 0.2) is 45.6 Å². The predicted octanol–water partition coefficient (Wildman–Crippen LogP) is 4.09. The Kier molecular flexibility index (Phi) is 4.66. The summed E-state index contributed by atoms with van der Waals surface area (Å²) in [6.07, 6.45) is 0. The van der Waals surface area contributed by atoms with Crippen LogP contribution in [0.2, 0.25) is 0 Å². The minimum Gasteiger partial charge on any atom is -0.496 e. The fourth-order valence-electron chi connectivity index (χ4n) is 2.57. The SMILES string of the molecule is COc1ccc(-c2oc(=O)c3c(OC)cccc3c2I)cc1OC. The molecular weight excluding hydrogens is 423 g/mol. The van der Waals surface area contributed by atoms with Gasteiger partial charge in [0.05, 0.1) is 24.9 Å². The summed E-state index contributed by atoms with van der Waals surface area (Å²) in [6, 6.07) is 10.9. The van der Waals surface area contributed by atoms with Crippen molar-refractivity contribution < 1.29 is 18.6 Å². The van der Waals surface area contributed by atoms with E-state index in [-0.39, 0.29) is 0 Å². The molecule has 0 aliphatic carbocycles. The van der Waals surface area contributed by atoms with Gasteiger partial charge >= 0.3 is 5.63 Å². The topological polar surface area (TPSA) is 57.9 Å². The molecule has 0 radical (unpaired) electrons. The molecule has 3 aromatic rings. The number of hydrogen-bond donors (Lipinski definition) is 0. The van der Waals surface area contributed by atoms with E-state index in [0.717, 1.165) is 14.5 Å². The summed E-state index contributed by atoms with van der Waals surface area (Å²) in [5.74, 6) is 2.17. The highest BCUT2D eigenvalue weighted by atomic mass is 127. The van der Waals surface area contributed by atoms with Crippen LogP contribution in [0.4, 0.5) is 0 Å². The van der Waals surface area contributed by atoms with E-state index >= 15 is 0 Å². The molecule has 1 aromatic heterocycles. The van der Waals surface area contributed by atoms with Gasteiger partial charge in [0.2, 0.25) is 0 Å². The van der Waals surface area contributed by atoms with Crippen LogP contribution in [0, 0.1) is 3.57 Å². The molecule has 0 saturated heterocycles. The molecule has 0 saturated carbocycles. The third-order valence-corrected chi connectivity index (χ3v) is 4.80. The van der Waals surface area contributed by atoms with E-state index in [4.69, 9.17) is 18.6 Å². The van der Waals surface area contributed by atoms with Crippen LogP contribution in [0.25, 0.3) is 22.1 Å². The molecule has 5 nitrogen and oxygen atoms in total. The maximum atomic E-state index is 12.5. The monoisotopic (exact) mass is 438 g/mol. The summed E-state index contributed by atoms with van der Waals surface area (Å²) in [5, 5.41) is 1.23. The van der Waals surface area contributed by atoms with Crippen LogP contribution in [0.1, 0.15) is 0 Å². The molecule has 0 aliphatic heterocycles. The molecule has 1 heterocycles. The average molecular weight is 438 g/mol. The summed E-state index contributed by atoms with van der Waals surface area (Å²) in [6.45, 7) is 0. The number of benzene rings is 2. The lowest BCUT2D eigenvalue weighted by Gasteiger charge is -2.12. The predicted molar refractivity (Wildman–Crippen MR) is 100 cm³/mol. The zero-order valence-corrected chi connectivity index (χ0v) is 15.5. The van der Waals surface area contributed by atoms with Gasteiger partial charge in [-0.1, -0.05) is 12.1 Å². The Balaban J connectivity index is 2.29. The largest absolute Gasteiger partial charge is 0.496 e. The molecule has 3 rings (SSSR count). The minimum atomic E-state index is -0.437. The Morgan fingerprint density at radius 2 is 1.62 bits per heavy atom. The first-order chi connectivity index (χ1) is 11.6. The number of halogens is 1. The molecule has 0 fully saturated rings. The highest BCUT2D eigenvalue weighted by molar-refractivity contribution is 14.1. The number of rotatable bonds is 4. The van der Waals surface area contributed by atoms with Crippen molar-refractivity contribution in [1.29, 1.82) is 0 Å². The van der Waals surface area contributed by atoms with Gasteiger partial charge in [-0.05, 0) is 46.9 Å². The summed E-state index contributed by atoms with van der Waals surface area (Å²) >= 11 is 2.17. The van der Waals surface area contributed by atoms with Crippen molar-refractivity contribution in [1.82, 2.24) is 0 Å². The fourth-order valence-corrected chi connectivity index (χ4v) is 3.44. The zero-order chi connectivity index (χ0) is 17.3. The van der Waals surface area contributed by atoms with Crippen LogP contribution in [-0.4, -0.2) is 21.3 Å². The number of fused-ring (bicyclic) bond motifs is 1. The number of hydrogen-bond acceptors (Lipinski definition) is 5. The average Bonchev–Trinajstić information content (AvgIpc) is 2.63. The van der Waals surface area contributed by atoms with Crippen LogP contribution < -0.4 is 19.8 Å². The van der Waals surface area contributed by atoms with Gasteiger partial charge in [-0.2, -0.15) is 0 Å². The molecule has 0 spiro atoms. The third kappa shape index (κ3) is 2.71.